The van der Waals surface area contributed by atoms with E-state index in [2.05, 4.69) is 5.32 Å². The summed E-state index contributed by atoms with van der Waals surface area (Å²) in [6.45, 7) is 3.85. The third kappa shape index (κ3) is 4.00. The fourth-order valence-corrected chi connectivity index (χ4v) is 3.16. The summed E-state index contributed by atoms with van der Waals surface area (Å²) in [7, 11) is 0. The number of para-hydroxylation sites is 1. The van der Waals surface area contributed by atoms with Gasteiger partial charge >= 0.3 is 6.03 Å². The van der Waals surface area contributed by atoms with E-state index < -0.39 is 12.1 Å². The lowest BCUT2D eigenvalue weighted by Gasteiger charge is -2.19. The second kappa shape index (κ2) is 8.03. The quantitative estimate of drug-likeness (QED) is 0.801. The summed E-state index contributed by atoms with van der Waals surface area (Å²) in [5.41, 5.74) is 1.76. The monoisotopic (exact) mass is 365 g/mol. The van der Waals surface area contributed by atoms with Crippen molar-refractivity contribution in [3.05, 3.63) is 66.2 Å². The number of hydrogen-bond acceptors (Lipinski definition) is 3. The van der Waals surface area contributed by atoms with Gasteiger partial charge in [0.1, 0.15) is 12.6 Å². The summed E-state index contributed by atoms with van der Waals surface area (Å²) in [5.74, 6) is -0.573. The van der Waals surface area contributed by atoms with Gasteiger partial charge in [0.2, 0.25) is 5.91 Å². The smallest absolute Gasteiger partial charge is 0.332 e. The van der Waals surface area contributed by atoms with Crippen molar-refractivity contribution in [3.8, 4) is 0 Å². The predicted octanol–water partition coefficient (Wildman–Crippen LogP) is 2.76. The average Bonchev–Trinajstić information content (AvgIpc) is 2.90. The molecule has 0 bridgehead atoms. The highest BCUT2D eigenvalue weighted by atomic mass is 16.2. The number of nitrogens with one attached hydrogen (secondary N) is 1. The van der Waals surface area contributed by atoms with E-state index in [4.69, 9.17) is 0 Å². The van der Waals surface area contributed by atoms with Crippen molar-refractivity contribution in [2.75, 3.05) is 18.0 Å². The fraction of sp³-hybridized carbons (Fsp3) is 0.286. The largest absolute Gasteiger partial charge is 0.354 e. The van der Waals surface area contributed by atoms with E-state index in [0.717, 1.165) is 10.5 Å². The Balaban J connectivity index is 1.60. The molecule has 0 aromatic heterocycles. The second-order valence-electron chi connectivity index (χ2n) is 6.70. The van der Waals surface area contributed by atoms with Crippen LogP contribution in [-0.2, 0) is 9.59 Å². The van der Waals surface area contributed by atoms with E-state index in [1.807, 2.05) is 43.3 Å². The van der Waals surface area contributed by atoms with Crippen LogP contribution in [0, 0.1) is 0 Å². The van der Waals surface area contributed by atoms with Gasteiger partial charge in [0.15, 0.2) is 0 Å². The molecule has 1 aliphatic rings. The Hall–Kier alpha value is -3.15. The van der Waals surface area contributed by atoms with Crippen LogP contribution in [0.2, 0.25) is 0 Å². The van der Waals surface area contributed by atoms with Crippen molar-refractivity contribution in [3.63, 3.8) is 0 Å². The van der Waals surface area contributed by atoms with Crippen molar-refractivity contribution < 1.29 is 14.4 Å². The van der Waals surface area contributed by atoms with Crippen LogP contribution in [0.3, 0.4) is 0 Å². The van der Waals surface area contributed by atoms with Gasteiger partial charge in [0, 0.05) is 12.2 Å². The first kappa shape index (κ1) is 18.6. The van der Waals surface area contributed by atoms with Crippen LogP contribution in [0.15, 0.2) is 60.7 Å². The minimum atomic E-state index is -0.629. The second-order valence-corrected chi connectivity index (χ2v) is 6.70. The molecule has 2 aromatic carbocycles. The molecule has 1 fully saturated rings. The Labute approximate surface area is 158 Å². The molecule has 6 nitrogen and oxygen atoms in total. The van der Waals surface area contributed by atoms with Crippen molar-refractivity contribution in [2.45, 2.75) is 25.8 Å². The van der Waals surface area contributed by atoms with E-state index in [0.29, 0.717) is 12.2 Å². The summed E-state index contributed by atoms with van der Waals surface area (Å²) in [4.78, 5) is 39.9. The number of urea groups is 1. The normalized spacial score (nSPS) is 17.9. The molecule has 140 valence electrons. The third-order valence-electron chi connectivity index (χ3n) is 4.76. The maximum atomic E-state index is 12.7. The number of carbonyl (C=O) groups is 3. The van der Waals surface area contributed by atoms with Gasteiger partial charge in [-0.1, -0.05) is 55.5 Å². The number of carbonyl (C=O) groups excluding carboxylic acids is 3. The third-order valence-corrected chi connectivity index (χ3v) is 4.76. The molecule has 2 atom stereocenters. The van der Waals surface area contributed by atoms with Gasteiger partial charge in [-0.2, -0.15) is 0 Å². The van der Waals surface area contributed by atoms with Crippen molar-refractivity contribution in [1.29, 1.82) is 0 Å². The van der Waals surface area contributed by atoms with Crippen molar-refractivity contribution in [2.24, 2.45) is 0 Å². The van der Waals surface area contributed by atoms with Crippen LogP contribution in [0.4, 0.5) is 10.5 Å². The highest BCUT2D eigenvalue weighted by Gasteiger charge is 2.43. The number of hydrogen-bond donors (Lipinski definition) is 1. The first-order valence-electron chi connectivity index (χ1n) is 9.00. The number of nitrogens with zero attached hydrogens (tertiary/aromatic N) is 2. The Morgan fingerprint density at radius 3 is 2.26 bits per heavy atom. The molecule has 0 saturated carbocycles. The molecule has 1 N–H and O–H groups in total. The summed E-state index contributed by atoms with van der Waals surface area (Å²) in [5, 5.41) is 2.81. The Morgan fingerprint density at radius 2 is 1.63 bits per heavy atom. The Bertz CT molecular complexity index is 823. The first-order valence-corrected chi connectivity index (χ1v) is 9.00. The number of imide groups is 1. The van der Waals surface area contributed by atoms with Crippen LogP contribution >= 0.6 is 0 Å². The minimum Gasteiger partial charge on any atom is -0.354 e. The predicted molar refractivity (Wildman–Crippen MR) is 103 cm³/mol. The molecule has 3 rings (SSSR count). The summed E-state index contributed by atoms with van der Waals surface area (Å²) >= 11 is 0. The van der Waals surface area contributed by atoms with Gasteiger partial charge in [-0.25, -0.2) is 4.79 Å². The zero-order chi connectivity index (χ0) is 19.4. The first-order chi connectivity index (χ1) is 13.0. The molecule has 0 radical (unpaired) electrons. The van der Waals surface area contributed by atoms with Gasteiger partial charge in [0.25, 0.3) is 5.91 Å². The highest BCUT2D eigenvalue weighted by Crippen LogP contribution is 2.25. The molecular formula is C21H23N3O3. The molecule has 1 aliphatic heterocycles. The van der Waals surface area contributed by atoms with Gasteiger partial charge in [-0.15, -0.1) is 0 Å². The van der Waals surface area contributed by atoms with Crippen LogP contribution < -0.4 is 10.2 Å². The summed E-state index contributed by atoms with van der Waals surface area (Å²) < 4.78 is 0. The van der Waals surface area contributed by atoms with E-state index in [1.54, 1.807) is 31.2 Å². The molecule has 27 heavy (non-hydrogen) atoms. The maximum absolute atomic E-state index is 12.7. The van der Waals surface area contributed by atoms with E-state index in [9.17, 15) is 14.4 Å². The van der Waals surface area contributed by atoms with Crippen LogP contribution in [-0.4, -0.2) is 41.9 Å². The van der Waals surface area contributed by atoms with E-state index in [1.165, 1.54) is 4.90 Å². The number of benzene rings is 2. The number of amides is 4. The lowest BCUT2D eigenvalue weighted by atomic mass is 10.0. The highest BCUT2D eigenvalue weighted by molar-refractivity contribution is 6.15. The van der Waals surface area contributed by atoms with Gasteiger partial charge in [0.05, 0.1) is 0 Å². The van der Waals surface area contributed by atoms with Crippen LogP contribution in [0.5, 0.6) is 0 Å². The Morgan fingerprint density at radius 1 is 1.04 bits per heavy atom. The molecule has 2 unspecified atom stereocenters. The van der Waals surface area contributed by atoms with Crippen LogP contribution in [0.1, 0.15) is 25.3 Å². The molecule has 2 aromatic rings. The lowest BCUT2D eigenvalue weighted by molar-refractivity contribution is -0.131. The molecule has 6 heteroatoms. The lowest BCUT2D eigenvalue weighted by Crippen LogP contribution is -2.42. The fourth-order valence-electron chi connectivity index (χ4n) is 3.16. The molecule has 0 aliphatic carbocycles. The zero-order valence-electron chi connectivity index (χ0n) is 15.5. The van der Waals surface area contributed by atoms with E-state index >= 15 is 0 Å². The SMILES string of the molecule is CC(CNC(=O)CN1C(=O)C(C)N(c2ccccc2)C1=O)c1ccccc1. The molecule has 1 heterocycles. The minimum absolute atomic E-state index is 0.139. The molecule has 1 saturated heterocycles. The molecule has 4 amide bonds. The Kier molecular flexibility index (Phi) is 5.54. The van der Waals surface area contributed by atoms with E-state index in [-0.39, 0.29) is 24.3 Å². The van der Waals surface area contributed by atoms with Gasteiger partial charge in [-0.3, -0.25) is 19.4 Å². The van der Waals surface area contributed by atoms with Crippen molar-refractivity contribution >= 4 is 23.5 Å². The average molecular weight is 365 g/mol. The molecule has 0 spiro atoms. The maximum Gasteiger partial charge on any atom is 0.332 e. The zero-order valence-corrected chi connectivity index (χ0v) is 15.5. The van der Waals surface area contributed by atoms with Gasteiger partial charge in [-0.05, 0) is 30.5 Å². The standard InChI is InChI=1S/C21H23N3O3/c1-15(17-9-5-3-6-10-17)13-22-19(25)14-23-20(26)16(2)24(21(23)27)18-11-7-4-8-12-18/h3-12,15-16H,13-14H2,1-2H3,(H,22,25). The van der Waals surface area contributed by atoms with Gasteiger partial charge < -0.3 is 5.32 Å². The van der Waals surface area contributed by atoms with Crippen LogP contribution in [0.25, 0.3) is 0 Å². The number of anilines is 1. The topological polar surface area (TPSA) is 69.7 Å². The summed E-state index contributed by atoms with van der Waals surface area (Å²) in [6, 6.07) is 17.8. The summed E-state index contributed by atoms with van der Waals surface area (Å²) in [6.07, 6.45) is 0. The van der Waals surface area contributed by atoms with Crippen molar-refractivity contribution in [1.82, 2.24) is 10.2 Å². The molecular weight excluding hydrogens is 342 g/mol. The number of rotatable bonds is 6.